The molecule has 22 heavy (non-hydrogen) atoms. The van der Waals surface area contributed by atoms with Crippen LogP contribution in [0.1, 0.15) is 10.5 Å². The molecular formula is C15H18N6O. The standard InChI is InChI=1S/C15H18N6O/c1-16-13-5-2-4-12(19-13)14(22)20-8-10-21(11-9-20)15-17-6-3-7-18-15/h2-7H,8-11H2,1H3,(H,16,19). The van der Waals surface area contributed by atoms with Crippen molar-refractivity contribution in [3.05, 3.63) is 42.4 Å². The smallest absolute Gasteiger partial charge is 0.272 e. The number of anilines is 2. The largest absolute Gasteiger partial charge is 0.373 e. The zero-order chi connectivity index (χ0) is 15.4. The molecule has 7 nitrogen and oxygen atoms in total. The van der Waals surface area contributed by atoms with E-state index in [1.165, 1.54) is 0 Å². The number of carbonyl (C=O) groups excluding carboxylic acids is 1. The maximum Gasteiger partial charge on any atom is 0.272 e. The number of hydrogen-bond acceptors (Lipinski definition) is 6. The minimum atomic E-state index is -0.0364. The second kappa shape index (κ2) is 6.38. The van der Waals surface area contributed by atoms with Crippen molar-refractivity contribution in [2.45, 2.75) is 0 Å². The Kier molecular flexibility index (Phi) is 4.13. The number of aromatic nitrogens is 3. The lowest BCUT2D eigenvalue weighted by atomic mass is 10.2. The number of nitrogens with zero attached hydrogens (tertiary/aromatic N) is 5. The Morgan fingerprint density at radius 2 is 1.82 bits per heavy atom. The normalized spacial score (nSPS) is 14.8. The summed E-state index contributed by atoms with van der Waals surface area (Å²) in [6.45, 7) is 2.73. The summed E-state index contributed by atoms with van der Waals surface area (Å²) in [5.74, 6) is 1.37. The van der Waals surface area contributed by atoms with Gasteiger partial charge in [-0.3, -0.25) is 4.79 Å². The van der Waals surface area contributed by atoms with Crippen LogP contribution in [0.25, 0.3) is 0 Å². The van der Waals surface area contributed by atoms with E-state index in [4.69, 9.17) is 0 Å². The first-order chi connectivity index (χ1) is 10.8. The van der Waals surface area contributed by atoms with Crippen LogP contribution < -0.4 is 10.2 Å². The van der Waals surface area contributed by atoms with Gasteiger partial charge in [0.2, 0.25) is 5.95 Å². The molecule has 0 bridgehead atoms. The van der Waals surface area contributed by atoms with E-state index in [1.807, 2.05) is 17.0 Å². The van der Waals surface area contributed by atoms with Gasteiger partial charge < -0.3 is 15.1 Å². The van der Waals surface area contributed by atoms with E-state index in [9.17, 15) is 4.79 Å². The van der Waals surface area contributed by atoms with Crippen molar-refractivity contribution in [1.82, 2.24) is 19.9 Å². The highest BCUT2D eigenvalue weighted by molar-refractivity contribution is 5.92. The molecule has 1 amide bonds. The van der Waals surface area contributed by atoms with Gasteiger partial charge in [0, 0.05) is 45.6 Å². The van der Waals surface area contributed by atoms with Crippen LogP contribution in [-0.2, 0) is 0 Å². The molecule has 3 rings (SSSR count). The van der Waals surface area contributed by atoms with E-state index in [-0.39, 0.29) is 5.91 Å². The molecule has 0 spiro atoms. The summed E-state index contributed by atoms with van der Waals surface area (Å²) in [5, 5.41) is 2.95. The van der Waals surface area contributed by atoms with Crippen molar-refractivity contribution >= 4 is 17.7 Å². The summed E-state index contributed by atoms with van der Waals surface area (Å²) in [5.41, 5.74) is 0.469. The molecule has 114 valence electrons. The average molecular weight is 298 g/mol. The zero-order valence-corrected chi connectivity index (χ0v) is 12.4. The average Bonchev–Trinajstić information content (AvgIpc) is 2.62. The molecule has 0 aliphatic carbocycles. The molecular weight excluding hydrogens is 280 g/mol. The second-order valence-electron chi connectivity index (χ2n) is 4.99. The second-order valence-corrected chi connectivity index (χ2v) is 4.99. The number of pyridine rings is 1. The van der Waals surface area contributed by atoms with Gasteiger partial charge >= 0.3 is 0 Å². The molecule has 0 atom stereocenters. The first-order valence-electron chi connectivity index (χ1n) is 7.24. The number of rotatable bonds is 3. The van der Waals surface area contributed by atoms with Crippen LogP contribution in [0.15, 0.2) is 36.7 Å². The molecule has 0 radical (unpaired) electrons. The molecule has 2 aromatic heterocycles. The van der Waals surface area contributed by atoms with E-state index >= 15 is 0 Å². The van der Waals surface area contributed by atoms with Gasteiger partial charge in [0.1, 0.15) is 11.5 Å². The fourth-order valence-electron chi connectivity index (χ4n) is 2.42. The molecule has 1 saturated heterocycles. The summed E-state index contributed by atoms with van der Waals surface area (Å²) < 4.78 is 0. The van der Waals surface area contributed by atoms with Gasteiger partial charge in [-0.15, -0.1) is 0 Å². The van der Waals surface area contributed by atoms with Crippen molar-refractivity contribution in [3.63, 3.8) is 0 Å². The zero-order valence-electron chi connectivity index (χ0n) is 12.4. The van der Waals surface area contributed by atoms with Crippen molar-refractivity contribution in [2.75, 3.05) is 43.4 Å². The van der Waals surface area contributed by atoms with Gasteiger partial charge in [0.25, 0.3) is 5.91 Å². The Morgan fingerprint density at radius 3 is 2.50 bits per heavy atom. The molecule has 0 aromatic carbocycles. The highest BCUT2D eigenvalue weighted by atomic mass is 16.2. The van der Waals surface area contributed by atoms with Gasteiger partial charge in [0.15, 0.2) is 0 Å². The number of carbonyl (C=O) groups is 1. The van der Waals surface area contributed by atoms with Crippen LogP contribution in [0.5, 0.6) is 0 Å². The van der Waals surface area contributed by atoms with E-state index in [1.54, 1.807) is 31.6 Å². The lowest BCUT2D eigenvalue weighted by Crippen LogP contribution is -2.49. The molecule has 2 aromatic rings. The SMILES string of the molecule is CNc1cccc(C(=O)N2CCN(c3ncccn3)CC2)n1. The summed E-state index contributed by atoms with van der Waals surface area (Å²) in [7, 11) is 1.79. The van der Waals surface area contributed by atoms with Crippen molar-refractivity contribution in [2.24, 2.45) is 0 Å². The lowest BCUT2D eigenvalue weighted by Gasteiger charge is -2.34. The van der Waals surface area contributed by atoms with E-state index in [2.05, 4.69) is 25.2 Å². The van der Waals surface area contributed by atoms with Crippen molar-refractivity contribution in [3.8, 4) is 0 Å². The Hall–Kier alpha value is -2.70. The predicted octanol–water partition coefficient (Wildman–Crippen LogP) is 0.876. The quantitative estimate of drug-likeness (QED) is 0.906. The molecule has 0 unspecified atom stereocenters. The number of hydrogen-bond donors (Lipinski definition) is 1. The highest BCUT2D eigenvalue weighted by Crippen LogP contribution is 2.13. The maximum atomic E-state index is 12.5. The summed E-state index contributed by atoms with van der Waals surface area (Å²) in [6, 6.07) is 7.21. The fraction of sp³-hybridized carbons (Fsp3) is 0.333. The van der Waals surface area contributed by atoms with Crippen LogP contribution in [0.3, 0.4) is 0 Å². The summed E-state index contributed by atoms with van der Waals surface area (Å²) in [6.07, 6.45) is 3.46. The third-order valence-corrected chi connectivity index (χ3v) is 3.63. The molecule has 0 saturated carbocycles. The Morgan fingerprint density at radius 1 is 1.09 bits per heavy atom. The number of nitrogens with one attached hydrogen (secondary N) is 1. The summed E-state index contributed by atoms with van der Waals surface area (Å²) >= 11 is 0. The van der Waals surface area contributed by atoms with E-state index < -0.39 is 0 Å². The molecule has 1 aliphatic heterocycles. The summed E-state index contributed by atoms with van der Waals surface area (Å²) in [4.78, 5) is 29.2. The molecule has 1 N–H and O–H groups in total. The van der Waals surface area contributed by atoms with Crippen LogP contribution >= 0.6 is 0 Å². The first kappa shape index (κ1) is 14.2. The van der Waals surface area contributed by atoms with Crippen LogP contribution in [0.4, 0.5) is 11.8 Å². The first-order valence-corrected chi connectivity index (χ1v) is 7.24. The lowest BCUT2D eigenvalue weighted by molar-refractivity contribution is 0.0740. The van der Waals surface area contributed by atoms with Gasteiger partial charge in [-0.05, 0) is 18.2 Å². The third kappa shape index (κ3) is 2.98. The number of piperazine rings is 1. The van der Waals surface area contributed by atoms with Gasteiger partial charge in [0.05, 0.1) is 0 Å². The monoisotopic (exact) mass is 298 g/mol. The van der Waals surface area contributed by atoms with Gasteiger partial charge in [-0.1, -0.05) is 6.07 Å². The molecule has 1 fully saturated rings. The van der Waals surface area contributed by atoms with Crippen LogP contribution in [0, 0.1) is 0 Å². The fourth-order valence-corrected chi connectivity index (χ4v) is 2.42. The molecule has 7 heteroatoms. The third-order valence-electron chi connectivity index (χ3n) is 3.63. The van der Waals surface area contributed by atoms with Gasteiger partial charge in [-0.25, -0.2) is 15.0 Å². The van der Waals surface area contributed by atoms with Crippen LogP contribution in [-0.4, -0.2) is 59.0 Å². The molecule has 1 aliphatic rings. The highest BCUT2D eigenvalue weighted by Gasteiger charge is 2.24. The molecule has 3 heterocycles. The Bertz CT molecular complexity index is 639. The Balaban J connectivity index is 1.64. The van der Waals surface area contributed by atoms with E-state index in [0.29, 0.717) is 30.5 Å². The maximum absolute atomic E-state index is 12.5. The number of amides is 1. The van der Waals surface area contributed by atoms with Crippen molar-refractivity contribution < 1.29 is 4.79 Å². The minimum absolute atomic E-state index is 0.0364. The van der Waals surface area contributed by atoms with Gasteiger partial charge in [-0.2, -0.15) is 0 Å². The van der Waals surface area contributed by atoms with Crippen LogP contribution in [0.2, 0.25) is 0 Å². The van der Waals surface area contributed by atoms with E-state index in [0.717, 1.165) is 13.1 Å². The minimum Gasteiger partial charge on any atom is -0.373 e. The predicted molar refractivity (Wildman–Crippen MR) is 83.9 cm³/mol. The topological polar surface area (TPSA) is 74.2 Å². The Labute approximate surface area is 129 Å². The van der Waals surface area contributed by atoms with Crippen molar-refractivity contribution in [1.29, 1.82) is 0 Å².